The monoisotopic (exact) mass is 256 g/mol. The van der Waals surface area contributed by atoms with E-state index in [1.54, 1.807) is 0 Å². The van der Waals surface area contributed by atoms with Gasteiger partial charge in [0.25, 0.3) is 0 Å². The quantitative estimate of drug-likeness (QED) is 0.767. The summed E-state index contributed by atoms with van der Waals surface area (Å²) in [6.07, 6.45) is 0. The van der Waals surface area contributed by atoms with Crippen molar-refractivity contribution in [2.75, 3.05) is 0 Å². The summed E-state index contributed by atoms with van der Waals surface area (Å²) in [7, 11) is 0. The molecule has 0 saturated carbocycles. The van der Waals surface area contributed by atoms with Crippen LogP contribution in [0.15, 0.2) is 10.5 Å². The van der Waals surface area contributed by atoms with E-state index in [4.69, 9.17) is 16.7 Å². The first-order chi connectivity index (χ1) is 5.57. The van der Waals surface area contributed by atoms with E-state index in [2.05, 4.69) is 15.9 Å². The Labute approximate surface area is 81.1 Å². The Kier molecular flexibility index (Phi) is 3.04. The molecule has 66 valence electrons. The highest BCUT2D eigenvalue weighted by molar-refractivity contribution is 9.10. The number of hydrogen-bond donors (Lipinski definition) is 1. The van der Waals surface area contributed by atoms with Gasteiger partial charge in [0.2, 0.25) is 0 Å². The molecule has 0 amide bonds. The molecule has 0 atom stereocenters. The Hall–Kier alpha value is -0.190. The van der Waals surface area contributed by atoms with E-state index in [-0.39, 0.29) is 15.1 Å². The molecule has 0 radical (unpaired) electrons. The van der Waals surface area contributed by atoms with Gasteiger partial charge in [-0.15, -0.1) is 0 Å². The van der Waals surface area contributed by atoms with Gasteiger partial charge in [-0.2, -0.15) is 0 Å². The lowest BCUT2D eigenvalue weighted by Crippen LogP contribution is -1.95. The number of halogens is 4. The van der Waals surface area contributed by atoms with E-state index in [0.717, 1.165) is 6.07 Å². The van der Waals surface area contributed by atoms with E-state index >= 15 is 0 Å². The molecular formula is C7H4BrClF2O. The van der Waals surface area contributed by atoms with Gasteiger partial charge in [0.15, 0.2) is 0 Å². The summed E-state index contributed by atoms with van der Waals surface area (Å²) in [4.78, 5) is 0. The fourth-order valence-electron chi connectivity index (χ4n) is 0.761. The molecule has 0 aliphatic heterocycles. The third-order valence-electron chi connectivity index (χ3n) is 1.36. The van der Waals surface area contributed by atoms with E-state index in [9.17, 15) is 8.78 Å². The second-order valence-corrected chi connectivity index (χ2v) is 3.34. The highest BCUT2D eigenvalue weighted by atomic mass is 79.9. The van der Waals surface area contributed by atoms with Crippen molar-refractivity contribution in [1.29, 1.82) is 0 Å². The van der Waals surface area contributed by atoms with Crippen molar-refractivity contribution in [3.63, 3.8) is 0 Å². The van der Waals surface area contributed by atoms with Crippen molar-refractivity contribution >= 4 is 27.5 Å². The molecule has 1 nitrogen and oxygen atoms in total. The van der Waals surface area contributed by atoms with Crippen LogP contribution in [0.25, 0.3) is 0 Å². The van der Waals surface area contributed by atoms with Crippen molar-refractivity contribution in [2.45, 2.75) is 6.61 Å². The van der Waals surface area contributed by atoms with Crippen molar-refractivity contribution in [3.05, 3.63) is 32.8 Å². The molecule has 5 heteroatoms. The van der Waals surface area contributed by atoms with Gasteiger partial charge < -0.3 is 5.11 Å². The zero-order valence-corrected chi connectivity index (χ0v) is 8.09. The number of rotatable bonds is 1. The molecule has 0 aliphatic rings. The average molecular weight is 257 g/mol. The van der Waals surface area contributed by atoms with Gasteiger partial charge in [-0.05, 0) is 22.0 Å². The lowest BCUT2D eigenvalue weighted by molar-refractivity contribution is 0.275. The topological polar surface area (TPSA) is 20.2 Å². The van der Waals surface area contributed by atoms with Gasteiger partial charge in [0.05, 0.1) is 16.1 Å². The van der Waals surface area contributed by atoms with Crippen LogP contribution in [0.1, 0.15) is 5.56 Å². The van der Waals surface area contributed by atoms with Crippen LogP contribution in [0, 0.1) is 11.6 Å². The average Bonchev–Trinajstić information content (AvgIpc) is 2.02. The van der Waals surface area contributed by atoms with Crippen molar-refractivity contribution in [2.24, 2.45) is 0 Å². The second-order valence-electron chi connectivity index (χ2n) is 2.10. The minimum atomic E-state index is -0.756. The first kappa shape index (κ1) is 9.89. The normalized spacial score (nSPS) is 10.4. The van der Waals surface area contributed by atoms with Crippen LogP contribution < -0.4 is 0 Å². The highest BCUT2D eigenvalue weighted by Gasteiger charge is 2.14. The Morgan fingerprint density at radius 3 is 2.58 bits per heavy atom. The van der Waals surface area contributed by atoms with Crippen LogP contribution in [0.5, 0.6) is 0 Å². The van der Waals surface area contributed by atoms with Gasteiger partial charge >= 0.3 is 0 Å². The lowest BCUT2D eigenvalue weighted by Gasteiger charge is -2.04. The summed E-state index contributed by atoms with van der Waals surface area (Å²) in [5.74, 6) is -1.49. The Bertz CT molecular complexity index is 291. The van der Waals surface area contributed by atoms with E-state index in [1.807, 2.05) is 0 Å². The van der Waals surface area contributed by atoms with Gasteiger partial charge in [-0.25, -0.2) is 8.78 Å². The smallest absolute Gasteiger partial charge is 0.144 e. The van der Waals surface area contributed by atoms with Crippen molar-refractivity contribution < 1.29 is 13.9 Å². The zero-order chi connectivity index (χ0) is 9.30. The Morgan fingerprint density at radius 2 is 2.08 bits per heavy atom. The molecule has 0 fully saturated rings. The van der Waals surface area contributed by atoms with Crippen LogP contribution in [0.4, 0.5) is 8.78 Å². The zero-order valence-electron chi connectivity index (χ0n) is 5.74. The second kappa shape index (κ2) is 3.68. The maximum Gasteiger partial charge on any atom is 0.144 e. The maximum absolute atomic E-state index is 13.0. The van der Waals surface area contributed by atoms with Crippen LogP contribution in [-0.2, 0) is 6.61 Å². The minimum Gasteiger partial charge on any atom is -0.392 e. The largest absolute Gasteiger partial charge is 0.392 e. The standard InChI is InChI=1S/C7H4BrClF2O/c8-4-1-5(10)6(9)3(2-12)7(4)11/h1,12H,2H2. The van der Waals surface area contributed by atoms with E-state index in [1.165, 1.54) is 0 Å². The molecule has 0 saturated heterocycles. The SMILES string of the molecule is OCc1c(F)c(Br)cc(F)c1Cl. The summed E-state index contributed by atoms with van der Waals surface area (Å²) in [5.41, 5.74) is -0.233. The van der Waals surface area contributed by atoms with E-state index < -0.39 is 18.2 Å². The summed E-state index contributed by atoms with van der Waals surface area (Å²) >= 11 is 8.16. The first-order valence-corrected chi connectivity index (χ1v) is 4.17. The summed E-state index contributed by atoms with van der Waals surface area (Å²) in [5, 5.41) is 8.26. The molecule has 0 aromatic heterocycles. The fraction of sp³-hybridized carbons (Fsp3) is 0.143. The molecule has 0 unspecified atom stereocenters. The molecule has 0 spiro atoms. The minimum absolute atomic E-state index is 0.0477. The van der Waals surface area contributed by atoms with Gasteiger partial charge in [-0.3, -0.25) is 0 Å². The fourth-order valence-corrected chi connectivity index (χ4v) is 1.40. The van der Waals surface area contributed by atoms with Crippen LogP contribution >= 0.6 is 27.5 Å². The van der Waals surface area contributed by atoms with Gasteiger partial charge in [-0.1, -0.05) is 11.6 Å². The summed E-state index contributed by atoms with van der Waals surface area (Å²) in [6.45, 7) is -0.624. The molecule has 1 aromatic carbocycles. The molecule has 0 aliphatic carbocycles. The number of benzene rings is 1. The maximum atomic E-state index is 13.0. The third kappa shape index (κ3) is 1.60. The van der Waals surface area contributed by atoms with Gasteiger partial charge in [0.1, 0.15) is 11.6 Å². The molecule has 1 N–H and O–H groups in total. The molecule has 1 rings (SSSR count). The molecular weight excluding hydrogens is 253 g/mol. The molecule has 0 heterocycles. The summed E-state index contributed by atoms with van der Waals surface area (Å²) < 4.78 is 25.7. The van der Waals surface area contributed by atoms with Crippen molar-refractivity contribution in [3.8, 4) is 0 Å². The van der Waals surface area contributed by atoms with Crippen LogP contribution in [0.3, 0.4) is 0 Å². The predicted octanol–water partition coefficient (Wildman–Crippen LogP) is 2.87. The highest BCUT2D eigenvalue weighted by Crippen LogP contribution is 2.28. The van der Waals surface area contributed by atoms with E-state index in [0.29, 0.717) is 0 Å². The molecule has 1 aromatic rings. The lowest BCUT2D eigenvalue weighted by atomic mass is 10.2. The Morgan fingerprint density at radius 1 is 1.50 bits per heavy atom. The molecule has 0 bridgehead atoms. The molecule has 12 heavy (non-hydrogen) atoms. The number of hydrogen-bond acceptors (Lipinski definition) is 1. The predicted molar refractivity (Wildman–Crippen MR) is 45.0 cm³/mol. The van der Waals surface area contributed by atoms with Crippen molar-refractivity contribution in [1.82, 2.24) is 0 Å². The Balaban J connectivity index is 3.42. The number of aliphatic hydroxyl groups excluding tert-OH is 1. The number of aliphatic hydroxyl groups is 1. The summed E-state index contributed by atoms with van der Waals surface area (Å²) in [6, 6.07) is 0.914. The van der Waals surface area contributed by atoms with Gasteiger partial charge in [0, 0.05) is 5.56 Å². The van der Waals surface area contributed by atoms with Crippen LogP contribution in [-0.4, -0.2) is 5.11 Å². The first-order valence-electron chi connectivity index (χ1n) is 3.00. The third-order valence-corrected chi connectivity index (χ3v) is 2.35. The van der Waals surface area contributed by atoms with Crippen LogP contribution in [0.2, 0.25) is 5.02 Å².